The van der Waals surface area contributed by atoms with Gasteiger partial charge in [-0.15, -0.1) is 0 Å². The molecular formula is C12H12N2O3. The van der Waals surface area contributed by atoms with Gasteiger partial charge in [-0.25, -0.2) is 4.98 Å². The van der Waals surface area contributed by atoms with Crippen LogP contribution in [0.3, 0.4) is 0 Å². The van der Waals surface area contributed by atoms with Crippen molar-refractivity contribution >= 4 is 16.9 Å². The van der Waals surface area contributed by atoms with Crippen molar-refractivity contribution in [3.63, 3.8) is 0 Å². The standard InChI is InChI=1S/C12H12N2O3/c1-2-17-11(15)7-14-8-13-10-6-4-3-5-9(10)12(14)16/h3-6,8H,2,7H2,1H3. The number of hydrogen-bond donors (Lipinski definition) is 0. The second-order valence-electron chi connectivity index (χ2n) is 3.50. The van der Waals surface area contributed by atoms with E-state index in [0.717, 1.165) is 0 Å². The fourth-order valence-corrected chi connectivity index (χ4v) is 1.56. The largest absolute Gasteiger partial charge is 0.465 e. The van der Waals surface area contributed by atoms with E-state index in [-0.39, 0.29) is 12.1 Å². The van der Waals surface area contributed by atoms with Gasteiger partial charge in [-0.2, -0.15) is 0 Å². The Bertz CT molecular complexity index is 604. The van der Waals surface area contributed by atoms with E-state index in [1.54, 1.807) is 25.1 Å². The second kappa shape index (κ2) is 4.78. The normalized spacial score (nSPS) is 10.4. The van der Waals surface area contributed by atoms with Gasteiger partial charge in [0.25, 0.3) is 5.56 Å². The molecule has 0 N–H and O–H groups in total. The Morgan fingerprint density at radius 3 is 2.94 bits per heavy atom. The zero-order valence-corrected chi connectivity index (χ0v) is 9.42. The number of fused-ring (bicyclic) bond motifs is 1. The maximum atomic E-state index is 12.0. The van der Waals surface area contributed by atoms with E-state index in [4.69, 9.17) is 4.74 Å². The highest BCUT2D eigenvalue weighted by molar-refractivity contribution is 5.77. The van der Waals surface area contributed by atoms with Gasteiger partial charge in [-0.1, -0.05) is 12.1 Å². The predicted octanol–water partition coefficient (Wildman–Crippen LogP) is 0.960. The number of nitrogens with zero attached hydrogens (tertiary/aromatic N) is 2. The molecule has 2 rings (SSSR count). The topological polar surface area (TPSA) is 61.2 Å². The minimum atomic E-state index is -0.438. The number of rotatable bonds is 3. The van der Waals surface area contributed by atoms with Crippen molar-refractivity contribution in [1.82, 2.24) is 9.55 Å². The molecule has 1 aromatic heterocycles. The summed E-state index contributed by atoms with van der Waals surface area (Å²) < 4.78 is 6.04. The lowest BCUT2D eigenvalue weighted by Crippen LogP contribution is -2.25. The first-order valence-electron chi connectivity index (χ1n) is 5.32. The monoisotopic (exact) mass is 232 g/mol. The van der Waals surface area contributed by atoms with Crippen LogP contribution in [-0.4, -0.2) is 22.1 Å². The molecule has 1 aromatic carbocycles. The lowest BCUT2D eigenvalue weighted by Gasteiger charge is -2.05. The summed E-state index contributed by atoms with van der Waals surface area (Å²) >= 11 is 0. The molecule has 0 aliphatic heterocycles. The first kappa shape index (κ1) is 11.3. The van der Waals surface area contributed by atoms with E-state index in [2.05, 4.69) is 4.98 Å². The van der Waals surface area contributed by atoms with Gasteiger partial charge in [0.1, 0.15) is 6.54 Å². The molecular weight excluding hydrogens is 220 g/mol. The quantitative estimate of drug-likeness (QED) is 0.739. The number of ether oxygens (including phenoxy) is 1. The van der Waals surface area contributed by atoms with Crippen LogP contribution in [0, 0.1) is 0 Å². The Labute approximate surface area is 97.7 Å². The molecule has 17 heavy (non-hydrogen) atoms. The smallest absolute Gasteiger partial charge is 0.326 e. The molecule has 0 saturated carbocycles. The number of carbonyl (C=O) groups is 1. The third-order valence-corrected chi connectivity index (χ3v) is 2.34. The number of esters is 1. The summed E-state index contributed by atoms with van der Waals surface area (Å²) in [5, 5.41) is 0.499. The number of aromatic nitrogens is 2. The van der Waals surface area contributed by atoms with Crippen molar-refractivity contribution in [2.75, 3.05) is 6.61 Å². The van der Waals surface area contributed by atoms with Crippen LogP contribution in [-0.2, 0) is 16.1 Å². The number of carbonyl (C=O) groups excluding carboxylic acids is 1. The van der Waals surface area contributed by atoms with E-state index in [1.807, 2.05) is 6.07 Å². The first-order chi connectivity index (χ1) is 8.22. The van der Waals surface area contributed by atoms with Crippen LogP contribution in [0.1, 0.15) is 6.92 Å². The number of hydrogen-bond acceptors (Lipinski definition) is 4. The molecule has 88 valence electrons. The Morgan fingerprint density at radius 1 is 1.41 bits per heavy atom. The molecule has 0 fully saturated rings. The average molecular weight is 232 g/mol. The Balaban J connectivity index is 2.39. The molecule has 0 unspecified atom stereocenters. The van der Waals surface area contributed by atoms with Gasteiger partial charge in [-0.05, 0) is 19.1 Å². The predicted molar refractivity (Wildman–Crippen MR) is 62.6 cm³/mol. The number of para-hydroxylation sites is 1. The van der Waals surface area contributed by atoms with Crippen LogP contribution >= 0.6 is 0 Å². The minimum Gasteiger partial charge on any atom is -0.465 e. The molecule has 5 heteroatoms. The highest BCUT2D eigenvalue weighted by Crippen LogP contribution is 2.04. The summed E-state index contributed by atoms with van der Waals surface area (Å²) in [6.45, 7) is 1.92. The van der Waals surface area contributed by atoms with Gasteiger partial charge in [0.05, 0.1) is 23.8 Å². The van der Waals surface area contributed by atoms with Gasteiger partial charge in [0.2, 0.25) is 0 Å². The lowest BCUT2D eigenvalue weighted by atomic mass is 10.2. The van der Waals surface area contributed by atoms with Crippen LogP contribution in [0.4, 0.5) is 0 Å². The molecule has 1 heterocycles. The third kappa shape index (κ3) is 2.33. The van der Waals surface area contributed by atoms with Gasteiger partial charge in [0, 0.05) is 0 Å². The summed E-state index contributed by atoms with van der Waals surface area (Å²) in [5.41, 5.74) is 0.390. The highest BCUT2D eigenvalue weighted by atomic mass is 16.5. The SMILES string of the molecule is CCOC(=O)Cn1cnc2ccccc2c1=O. The maximum absolute atomic E-state index is 12.0. The molecule has 2 aromatic rings. The molecule has 0 aliphatic rings. The molecule has 0 bridgehead atoms. The van der Waals surface area contributed by atoms with Crippen molar-refractivity contribution in [2.24, 2.45) is 0 Å². The van der Waals surface area contributed by atoms with Crippen molar-refractivity contribution in [3.05, 3.63) is 40.9 Å². The molecule has 0 spiro atoms. The second-order valence-corrected chi connectivity index (χ2v) is 3.50. The third-order valence-electron chi connectivity index (χ3n) is 2.34. The molecule has 0 saturated heterocycles. The molecule has 0 radical (unpaired) electrons. The summed E-state index contributed by atoms with van der Waals surface area (Å²) in [7, 11) is 0. The Hall–Kier alpha value is -2.17. The van der Waals surface area contributed by atoms with Gasteiger partial charge < -0.3 is 4.74 Å². The van der Waals surface area contributed by atoms with Crippen LogP contribution in [0.5, 0.6) is 0 Å². The van der Waals surface area contributed by atoms with Crippen molar-refractivity contribution in [3.8, 4) is 0 Å². The van der Waals surface area contributed by atoms with E-state index < -0.39 is 5.97 Å². The van der Waals surface area contributed by atoms with Crippen LogP contribution in [0.2, 0.25) is 0 Å². The van der Waals surface area contributed by atoms with Crippen LogP contribution < -0.4 is 5.56 Å². The Morgan fingerprint density at radius 2 is 2.18 bits per heavy atom. The summed E-state index contributed by atoms with van der Waals surface area (Å²) in [6.07, 6.45) is 1.36. The highest BCUT2D eigenvalue weighted by Gasteiger charge is 2.07. The number of benzene rings is 1. The molecule has 5 nitrogen and oxygen atoms in total. The fourth-order valence-electron chi connectivity index (χ4n) is 1.56. The van der Waals surface area contributed by atoms with E-state index in [1.165, 1.54) is 10.9 Å². The summed E-state index contributed by atoms with van der Waals surface area (Å²) in [5.74, 6) is -0.438. The fraction of sp³-hybridized carbons (Fsp3) is 0.250. The van der Waals surface area contributed by atoms with Crippen LogP contribution in [0.15, 0.2) is 35.4 Å². The first-order valence-corrected chi connectivity index (χ1v) is 5.32. The molecule has 0 atom stereocenters. The van der Waals surface area contributed by atoms with Gasteiger partial charge in [-0.3, -0.25) is 14.2 Å². The van der Waals surface area contributed by atoms with Gasteiger partial charge in [0.15, 0.2) is 0 Å². The zero-order chi connectivity index (χ0) is 12.3. The van der Waals surface area contributed by atoms with Gasteiger partial charge >= 0.3 is 5.97 Å². The van der Waals surface area contributed by atoms with E-state index in [9.17, 15) is 9.59 Å². The van der Waals surface area contributed by atoms with E-state index >= 15 is 0 Å². The van der Waals surface area contributed by atoms with Crippen molar-refractivity contribution < 1.29 is 9.53 Å². The molecule has 0 amide bonds. The lowest BCUT2D eigenvalue weighted by molar-refractivity contribution is -0.143. The zero-order valence-electron chi connectivity index (χ0n) is 9.42. The van der Waals surface area contributed by atoms with E-state index in [0.29, 0.717) is 17.5 Å². The van der Waals surface area contributed by atoms with Crippen molar-refractivity contribution in [1.29, 1.82) is 0 Å². The minimum absolute atomic E-state index is 0.107. The average Bonchev–Trinajstić information content (AvgIpc) is 2.33. The molecule has 0 aliphatic carbocycles. The van der Waals surface area contributed by atoms with Crippen molar-refractivity contribution in [2.45, 2.75) is 13.5 Å². The maximum Gasteiger partial charge on any atom is 0.326 e. The van der Waals surface area contributed by atoms with Crippen LogP contribution in [0.25, 0.3) is 10.9 Å². The summed E-state index contributed by atoms with van der Waals surface area (Å²) in [4.78, 5) is 27.4. The summed E-state index contributed by atoms with van der Waals surface area (Å²) in [6, 6.07) is 7.02. The Kier molecular flexibility index (Phi) is 3.18.